The molecule has 0 atom stereocenters. The lowest BCUT2D eigenvalue weighted by molar-refractivity contribution is -0.116. The Labute approximate surface area is 178 Å². The Morgan fingerprint density at radius 1 is 1.07 bits per heavy atom. The maximum Gasteiger partial charge on any atom is 0.257 e. The van der Waals surface area contributed by atoms with Gasteiger partial charge in [0, 0.05) is 24.2 Å². The smallest absolute Gasteiger partial charge is 0.257 e. The molecule has 2 aromatic rings. The van der Waals surface area contributed by atoms with Crippen molar-refractivity contribution in [2.45, 2.75) is 6.42 Å². The zero-order valence-electron chi connectivity index (χ0n) is 16.4. The highest BCUT2D eigenvalue weighted by Crippen LogP contribution is 2.40. The van der Waals surface area contributed by atoms with Crippen LogP contribution in [0.25, 0.3) is 0 Å². The van der Waals surface area contributed by atoms with Crippen LogP contribution in [0.5, 0.6) is 17.2 Å². The molecule has 1 aliphatic heterocycles. The van der Waals surface area contributed by atoms with Crippen LogP contribution in [0.3, 0.4) is 0 Å². The second-order valence-corrected chi connectivity index (χ2v) is 8.60. The Morgan fingerprint density at radius 2 is 1.70 bits per heavy atom. The van der Waals surface area contributed by atoms with Crippen LogP contribution >= 0.6 is 11.6 Å². The van der Waals surface area contributed by atoms with Crippen molar-refractivity contribution in [1.82, 2.24) is 0 Å². The number of ether oxygens (including phenoxy) is 3. The second-order valence-electron chi connectivity index (χ2n) is 6.26. The van der Waals surface area contributed by atoms with Crippen LogP contribution in [0, 0.1) is 0 Å². The Hall–Kier alpha value is -2.98. The first-order chi connectivity index (χ1) is 14.2. The molecule has 3 rings (SSSR count). The number of nitrogens with one attached hydrogen (secondary N) is 1. The maximum atomic E-state index is 12.7. The van der Waals surface area contributed by atoms with Crippen molar-refractivity contribution in [3.63, 3.8) is 0 Å². The van der Waals surface area contributed by atoms with Gasteiger partial charge in [0.2, 0.25) is 21.7 Å². The molecule has 1 heterocycles. The van der Waals surface area contributed by atoms with Crippen molar-refractivity contribution in [1.29, 1.82) is 0 Å². The number of amides is 2. The van der Waals surface area contributed by atoms with Crippen LogP contribution in [0.2, 0.25) is 5.02 Å². The standard InChI is InChI=1S/C19H19ClN2O7S/c1-27-15-8-11(9-16(28-2)18(15)29-3)21-19(24)13-5-4-12(10-14(13)20)22-17(23)6-7-30(22,25)26/h4-5,8-10H,6-7H2,1-3H3,(H,21,24). The summed E-state index contributed by atoms with van der Waals surface area (Å²) in [6, 6.07) is 7.09. The molecule has 30 heavy (non-hydrogen) atoms. The SMILES string of the molecule is COc1cc(NC(=O)c2ccc(N3C(=O)CCS3(=O)=O)cc2Cl)cc(OC)c1OC. The van der Waals surface area contributed by atoms with Gasteiger partial charge < -0.3 is 19.5 Å². The number of sulfonamides is 1. The third-order valence-electron chi connectivity index (χ3n) is 4.43. The summed E-state index contributed by atoms with van der Waals surface area (Å²) < 4.78 is 40.6. The molecule has 2 aromatic carbocycles. The van der Waals surface area contributed by atoms with E-state index in [0.717, 1.165) is 0 Å². The fraction of sp³-hybridized carbons (Fsp3) is 0.263. The van der Waals surface area contributed by atoms with Crippen molar-refractivity contribution >= 4 is 44.8 Å². The molecule has 1 saturated heterocycles. The lowest BCUT2D eigenvalue weighted by Crippen LogP contribution is -2.29. The average molecular weight is 455 g/mol. The minimum Gasteiger partial charge on any atom is -0.493 e. The van der Waals surface area contributed by atoms with Crippen molar-refractivity contribution in [2.75, 3.05) is 36.7 Å². The van der Waals surface area contributed by atoms with Crippen LogP contribution in [0.1, 0.15) is 16.8 Å². The maximum absolute atomic E-state index is 12.7. The number of anilines is 2. The molecule has 0 unspecified atom stereocenters. The normalized spacial score (nSPS) is 15.1. The summed E-state index contributed by atoms with van der Waals surface area (Å²) in [5.74, 6) is -0.265. The monoisotopic (exact) mass is 454 g/mol. The van der Waals surface area contributed by atoms with Gasteiger partial charge >= 0.3 is 0 Å². The molecule has 9 nitrogen and oxygen atoms in total. The van der Waals surface area contributed by atoms with E-state index in [4.69, 9.17) is 25.8 Å². The van der Waals surface area contributed by atoms with Crippen LogP contribution in [-0.4, -0.2) is 47.3 Å². The van der Waals surface area contributed by atoms with Gasteiger partial charge in [-0.2, -0.15) is 0 Å². The molecule has 1 fully saturated rings. The molecule has 0 radical (unpaired) electrons. The number of nitrogens with zero attached hydrogens (tertiary/aromatic N) is 1. The number of benzene rings is 2. The number of methoxy groups -OCH3 is 3. The largest absolute Gasteiger partial charge is 0.493 e. The molecule has 1 N–H and O–H groups in total. The Morgan fingerprint density at radius 3 is 2.17 bits per heavy atom. The van der Waals surface area contributed by atoms with Crippen LogP contribution in [-0.2, 0) is 14.8 Å². The van der Waals surface area contributed by atoms with E-state index in [1.54, 1.807) is 12.1 Å². The molecule has 0 saturated carbocycles. The van der Waals surface area contributed by atoms with E-state index in [0.29, 0.717) is 27.2 Å². The first-order valence-corrected chi connectivity index (χ1v) is 10.7. The summed E-state index contributed by atoms with van der Waals surface area (Å²) in [7, 11) is 0.640. The predicted octanol–water partition coefficient (Wildman–Crippen LogP) is 2.68. The summed E-state index contributed by atoms with van der Waals surface area (Å²) in [6.07, 6.45) is -0.0939. The van der Waals surface area contributed by atoms with Crippen molar-refractivity contribution < 1.29 is 32.2 Å². The molecular weight excluding hydrogens is 436 g/mol. The highest BCUT2D eigenvalue weighted by molar-refractivity contribution is 7.94. The molecule has 1 aliphatic rings. The number of carbonyl (C=O) groups excluding carboxylic acids is 2. The zero-order chi connectivity index (χ0) is 22.1. The minimum absolute atomic E-state index is 0.00709. The third kappa shape index (κ3) is 4.01. The Bertz CT molecular complexity index is 1090. The van der Waals surface area contributed by atoms with E-state index in [-0.39, 0.29) is 28.4 Å². The molecule has 160 valence electrons. The van der Waals surface area contributed by atoms with Crippen LogP contribution in [0.4, 0.5) is 11.4 Å². The average Bonchev–Trinajstić information content (AvgIpc) is 2.99. The highest BCUT2D eigenvalue weighted by Gasteiger charge is 2.36. The van der Waals surface area contributed by atoms with E-state index < -0.39 is 21.8 Å². The lowest BCUT2D eigenvalue weighted by Gasteiger charge is -2.17. The minimum atomic E-state index is -3.72. The number of hydrogen-bond donors (Lipinski definition) is 1. The van der Waals surface area contributed by atoms with Crippen molar-refractivity contribution in [3.05, 3.63) is 40.9 Å². The van der Waals surface area contributed by atoms with Crippen LogP contribution in [0.15, 0.2) is 30.3 Å². The molecule has 0 bridgehead atoms. The molecule has 11 heteroatoms. The fourth-order valence-electron chi connectivity index (χ4n) is 3.04. The van der Waals surface area contributed by atoms with E-state index in [2.05, 4.69) is 5.32 Å². The third-order valence-corrected chi connectivity index (χ3v) is 6.44. The fourth-order valence-corrected chi connectivity index (χ4v) is 4.75. The van der Waals surface area contributed by atoms with Gasteiger partial charge in [-0.15, -0.1) is 0 Å². The number of hydrogen-bond acceptors (Lipinski definition) is 7. The number of carbonyl (C=O) groups is 2. The molecule has 0 aliphatic carbocycles. The van der Waals surface area contributed by atoms with Gasteiger partial charge in [0.1, 0.15) is 0 Å². The van der Waals surface area contributed by atoms with E-state index in [9.17, 15) is 18.0 Å². The Balaban J connectivity index is 1.89. The topological polar surface area (TPSA) is 111 Å². The summed E-state index contributed by atoms with van der Waals surface area (Å²) >= 11 is 6.21. The van der Waals surface area contributed by atoms with Gasteiger partial charge in [0.15, 0.2) is 11.5 Å². The quantitative estimate of drug-likeness (QED) is 0.714. The summed E-state index contributed by atoms with van der Waals surface area (Å²) in [4.78, 5) is 24.6. The molecular formula is C19H19ClN2O7S. The van der Waals surface area contributed by atoms with Crippen molar-refractivity contribution in [3.8, 4) is 17.2 Å². The summed E-state index contributed by atoms with van der Waals surface area (Å²) in [5.41, 5.74) is 0.553. The van der Waals surface area contributed by atoms with E-state index in [1.165, 1.54) is 39.5 Å². The molecule has 0 aromatic heterocycles. The lowest BCUT2D eigenvalue weighted by atomic mass is 10.1. The van der Waals surface area contributed by atoms with Gasteiger partial charge in [-0.05, 0) is 18.2 Å². The predicted molar refractivity (Wildman–Crippen MR) is 111 cm³/mol. The first-order valence-electron chi connectivity index (χ1n) is 8.68. The highest BCUT2D eigenvalue weighted by atomic mass is 35.5. The number of halogens is 1. The van der Waals surface area contributed by atoms with Gasteiger partial charge in [0.05, 0.1) is 43.4 Å². The van der Waals surface area contributed by atoms with Gasteiger partial charge in [0.25, 0.3) is 5.91 Å². The van der Waals surface area contributed by atoms with E-state index in [1.807, 2.05) is 0 Å². The van der Waals surface area contributed by atoms with E-state index >= 15 is 0 Å². The second kappa shape index (κ2) is 8.41. The van der Waals surface area contributed by atoms with Gasteiger partial charge in [-0.3, -0.25) is 9.59 Å². The van der Waals surface area contributed by atoms with Crippen LogP contribution < -0.4 is 23.8 Å². The first kappa shape index (κ1) is 21.7. The zero-order valence-corrected chi connectivity index (χ0v) is 18.0. The number of rotatable bonds is 6. The summed E-state index contributed by atoms with van der Waals surface area (Å²) in [5, 5.41) is 2.67. The van der Waals surface area contributed by atoms with Crippen molar-refractivity contribution in [2.24, 2.45) is 0 Å². The molecule has 0 spiro atoms. The summed E-state index contributed by atoms with van der Waals surface area (Å²) in [6.45, 7) is 0. The molecule has 2 amide bonds. The Kier molecular flexibility index (Phi) is 6.09. The van der Waals surface area contributed by atoms with Gasteiger partial charge in [-0.1, -0.05) is 11.6 Å². The van der Waals surface area contributed by atoms with Gasteiger partial charge in [-0.25, -0.2) is 12.7 Å².